The third-order valence-electron chi connectivity index (χ3n) is 2.87. The minimum absolute atomic E-state index is 0.388. The van der Waals surface area contributed by atoms with Crippen LogP contribution in [0.5, 0.6) is 5.75 Å². The Hall–Kier alpha value is -1.40. The Labute approximate surface area is 125 Å². The molecule has 0 aliphatic rings. The highest BCUT2D eigenvalue weighted by Crippen LogP contribution is 2.26. The van der Waals surface area contributed by atoms with Crippen LogP contribution in [0.1, 0.15) is 22.5 Å². The fourth-order valence-corrected chi connectivity index (χ4v) is 4.07. The van der Waals surface area contributed by atoms with Crippen LogP contribution in [0.25, 0.3) is 0 Å². The van der Waals surface area contributed by atoms with E-state index in [9.17, 15) is 4.21 Å². The summed E-state index contributed by atoms with van der Waals surface area (Å²) < 4.78 is 17.9. The molecule has 0 aliphatic carbocycles. The van der Waals surface area contributed by atoms with E-state index in [1.54, 1.807) is 29.5 Å². The van der Waals surface area contributed by atoms with Gasteiger partial charge in [0, 0.05) is 10.6 Å². The van der Waals surface area contributed by atoms with Gasteiger partial charge in [-0.15, -0.1) is 11.3 Å². The molecule has 0 aliphatic heterocycles. The van der Waals surface area contributed by atoms with Gasteiger partial charge < -0.3 is 10.5 Å². The number of thiazole rings is 1. The monoisotopic (exact) mass is 310 g/mol. The van der Waals surface area contributed by atoms with E-state index in [1.165, 1.54) is 0 Å². The van der Waals surface area contributed by atoms with Crippen LogP contribution in [-0.2, 0) is 16.6 Å². The van der Waals surface area contributed by atoms with Gasteiger partial charge in [-0.1, -0.05) is 0 Å². The number of anilines is 1. The summed E-state index contributed by atoms with van der Waals surface area (Å²) in [5.41, 5.74) is 7.43. The number of benzene rings is 1. The molecule has 2 N–H and O–H groups in total. The highest BCUT2D eigenvalue weighted by Gasteiger charge is 2.13. The fourth-order valence-electron chi connectivity index (χ4n) is 1.76. The summed E-state index contributed by atoms with van der Waals surface area (Å²) >= 11 is 1.58. The number of aryl methyl sites for hydroxylation is 2. The Morgan fingerprint density at radius 3 is 2.75 bits per heavy atom. The number of nitrogens with two attached hydrogens (primary N) is 1. The molecule has 1 heterocycles. The highest BCUT2D eigenvalue weighted by molar-refractivity contribution is 7.84. The summed E-state index contributed by atoms with van der Waals surface area (Å²) in [5, 5.41) is 0.875. The predicted molar refractivity (Wildman–Crippen MR) is 83.7 cm³/mol. The normalized spacial score (nSPS) is 12.3. The van der Waals surface area contributed by atoms with Crippen LogP contribution in [0, 0.1) is 13.8 Å². The minimum atomic E-state index is -1.21. The quantitative estimate of drug-likeness (QED) is 0.862. The number of ether oxygens (including phenoxy) is 1. The van der Waals surface area contributed by atoms with Gasteiger partial charge in [-0.05, 0) is 39.0 Å². The molecule has 2 aromatic rings. The molecule has 0 saturated heterocycles. The van der Waals surface area contributed by atoms with Crippen molar-refractivity contribution in [3.8, 4) is 5.75 Å². The van der Waals surface area contributed by atoms with Gasteiger partial charge in [0.05, 0.1) is 33.7 Å². The van der Waals surface area contributed by atoms with Crippen molar-refractivity contribution in [3.63, 3.8) is 0 Å². The standard InChI is InChI=1S/C14H18N2O2S2/c1-4-18-11-5-6-12(15)13(7-11)20(17)8-14-16-9(2)10(3)19-14/h5-7H,4,8,15H2,1-3H3. The van der Waals surface area contributed by atoms with E-state index in [0.717, 1.165) is 15.6 Å². The lowest BCUT2D eigenvalue weighted by molar-refractivity contribution is 0.339. The zero-order chi connectivity index (χ0) is 14.7. The van der Waals surface area contributed by atoms with Crippen LogP contribution in [0.15, 0.2) is 23.1 Å². The first-order chi connectivity index (χ1) is 9.51. The van der Waals surface area contributed by atoms with Crippen LogP contribution in [-0.4, -0.2) is 15.8 Å². The second-order valence-corrected chi connectivity index (χ2v) is 7.08. The van der Waals surface area contributed by atoms with E-state index in [2.05, 4.69) is 4.98 Å². The number of nitrogen functional groups attached to an aromatic ring is 1. The van der Waals surface area contributed by atoms with Crippen molar-refractivity contribution in [1.82, 2.24) is 4.98 Å². The van der Waals surface area contributed by atoms with Crippen LogP contribution < -0.4 is 10.5 Å². The average Bonchev–Trinajstić information content (AvgIpc) is 2.70. The Bertz CT molecular complexity index is 619. The third kappa shape index (κ3) is 3.37. The van der Waals surface area contributed by atoms with Crippen molar-refractivity contribution in [2.75, 3.05) is 12.3 Å². The largest absolute Gasteiger partial charge is 0.494 e. The van der Waals surface area contributed by atoms with Gasteiger partial charge in [0.1, 0.15) is 10.8 Å². The van der Waals surface area contributed by atoms with Crippen molar-refractivity contribution in [2.45, 2.75) is 31.4 Å². The number of rotatable bonds is 5. The van der Waals surface area contributed by atoms with E-state index in [-0.39, 0.29) is 0 Å². The van der Waals surface area contributed by atoms with Gasteiger partial charge >= 0.3 is 0 Å². The number of nitrogens with zero attached hydrogens (tertiary/aromatic N) is 1. The molecule has 108 valence electrons. The first kappa shape index (κ1) is 15.0. The topological polar surface area (TPSA) is 65.2 Å². The maximum Gasteiger partial charge on any atom is 0.120 e. The van der Waals surface area contributed by atoms with E-state index in [4.69, 9.17) is 10.5 Å². The minimum Gasteiger partial charge on any atom is -0.494 e. The molecule has 0 spiro atoms. The first-order valence-electron chi connectivity index (χ1n) is 6.35. The van der Waals surface area contributed by atoms with Gasteiger partial charge in [0.15, 0.2) is 0 Å². The Morgan fingerprint density at radius 2 is 2.15 bits per heavy atom. The lowest BCUT2D eigenvalue weighted by Crippen LogP contribution is -2.02. The molecule has 20 heavy (non-hydrogen) atoms. The predicted octanol–water partition coefficient (Wildman–Crippen LogP) is 3.05. The Morgan fingerprint density at radius 1 is 1.40 bits per heavy atom. The van der Waals surface area contributed by atoms with E-state index in [0.29, 0.717) is 28.7 Å². The van der Waals surface area contributed by atoms with E-state index >= 15 is 0 Å². The maximum absolute atomic E-state index is 12.5. The Balaban J connectivity index is 2.22. The molecule has 0 fully saturated rings. The number of aromatic nitrogens is 1. The second kappa shape index (κ2) is 6.37. The first-order valence-corrected chi connectivity index (χ1v) is 8.48. The summed E-state index contributed by atoms with van der Waals surface area (Å²) in [6.45, 7) is 6.46. The summed E-state index contributed by atoms with van der Waals surface area (Å²) in [7, 11) is -1.21. The molecule has 0 radical (unpaired) electrons. The van der Waals surface area contributed by atoms with E-state index < -0.39 is 10.8 Å². The molecule has 0 saturated carbocycles. The summed E-state index contributed by atoms with van der Waals surface area (Å²) in [6.07, 6.45) is 0. The summed E-state index contributed by atoms with van der Waals surface area (Å²) in [5.74, 6) is 1.08. The smallest absolute Gasteiger partial charge is 0.120 e. The second-order valence-electron chi connectivity index (χ2n) is 4.37. The molecule has 0 bridgehead atoms. The molecule has 1 aromatic heterocycles. The lowest BCUT2D eigenvalue weighted by atomic mass is 10.3. The van der Waals surface area contributed by atoms with Gasteiger partial charge in [-0.25, -0.2) is 4.98 Å². The van der Waals surface area contributed by atoms with Gasteiger partial charge in [-0.2, -0.15) is 0 Å². The molecular formula is C14H18N2O2S2. The zero-order valence-corrected chi connectivity index (χ0v) is 13.4. The molecule has 1 atom stereocenters. The maximum atomic E-state index is 12.5. The summed E-state index contributed by atoms with van der Waals surface area (Å²) in [6, 6.07) is 5.27. The molecule has 1 unspecified atom stereocenters. The van der Waals surface area contributed by atoms with Gasteiger partial charge in [-0.3, -0.25) is 4.21 Å². The van der Waals surface area contributed by atoms with Crippen molar-refractivity contribution in [3.05, 3.63) is 33.8 Å². The van der Waals surface area contributed by atoms with Crippen LogP contribution in [0.4, 0.5) is 5.69 Å². The van der Waals surface area contributed by atoms with Crippen molar-refractivity contribution in [2.24, 2.45) is 0 Å². The number of hydrogen-bond acceptors (Lipinski definition) is 5. The van der Waals surface area contributed by atoms with Crippen LogP contribution >= 0.6 is 11.3 Å². The molecule has 1 aromatic carbocycles. The van der Waals surface area contributed by atoms with Crippen LogP contribution in [0.3, 0.4) is 0 Å². The van der Waals surface area contributed by atoms with Crippen molar-refractivity contribution >= 4 is 27.8 Å². The SMILES string of the molecule is CCOc1ccc(N)c(S(=O)Cc2nc(C)c(C)s2)c1. The van der Waals surface area contributed by atoms with E-state index in [1.807, 2.05) is 20.8 Å². The van der Waals surface area contributed by atoms with Crippen molar-refractivity contribution < 1.29 is 8.95 Å². The van der Waals surface area contributed by atoms with Gasteiger partial charge in [0.25, 0.3) is 0 Å². The molecule has 6 heteroatoms. The van der Waals surface area contributed by atoms with Crippen LogP contribution in [0.2, 0.25) is 0 Å². The highest BCUT2D eigenvalue weighted by atomic mass is 32.2. The lowest BCUT2D eigenvalue weighted by Gasteiger charge is -2.08. The van der Waals surface area contributed by atoms with Gasteiger partial charge in [0.2, 0.25) is 0 Å². The molecular weight excluding hydrogens is 292 g/mol. The van der Waals surface area contributed by atoms with Crippen molar-refractivity contribution in [1.29, 1.82) is 0 Å². The molecule has 4 nitrogen and oxygen atoms in total. The number of hydrogen-bond donors (Lipinski definition) is 1. The average molecular weight is 310 g/mol. The Kier molecular flexibility index (Phi) is 4.77. The zero-order valence-electron chi connectivity index (χ0n) is 11.8. The molecule has 0 amide bonds. The fraction of sp³-hybridized carbons (Fsp3) is 0.357. The molecule has 2 rings (SSSR count). The summed E-state index contributed by atoms with van der Waals surface area (Å²) in [4.78, 5) is 6.19. The third-order valence-corrected chi connectivity index (χ3v) is 5.50.